The summed E-state index contributed by atoms with van der Waals surface area (Å²) in [5.74, 6) is 4.56. The fourth-order valence-electron chi connectivity index (χ4n) is 3.93. The summed E-state index contributed by atoms with van der Waals surface area (Å²) in [6, 6.07) is 28.3. The van der Waals surface area contributed by atoms with Gasteiger partial charge in [0.05, 0.1) is 30.2 Å². The minimum atomic E-state index is -3.73. The highest BCUT2D eigenvalue weighted by Gasteiger charge is 2.17. The Morgan fingerprint density at radius 1 is 0.767 bits per heavy atom. The molecule has 0 atom stereocenters. The highest BCUT2D eigenvalue weighted by Crippen LogP contribution is 2.18. The van der Waals surface area contributed by atoms with Crippen molar-refractivity contribution < 1.29 is 27.1 Å². The zero-order valence-corrected chi connectivity index (χ0v) is 24.0. The van der Waals surface area contributed by atoms with Gasteiger partial charge in [-0.15, -0.1) is 0 Å². The smallest absolute Gasteiger partial charge is 0.253 e. The minimum Gasteiger partial charge on any atom is -0.367 e. The van der Waals surface area contributed by atoms with Crippen LogP contribution in [0.5, 0.6) is 0 Å². The second-order valence-corrected chi connectivity index (χ2v) is 11.2. The average molecular weight is 600 g/mol. The molecule has 0 bridgehead atoms. The summed E-state index contributed by atoms with van der Waals surface area (Å²) in [6.07, 6.45) is 0. The van der Waals surface area contributed by atoms with Crippen LogP contribution in [0.4, 0.5) is 10.1 Å². The van der Waals surface area contributed by atoms with Crippen LogP contribution in [0.3, 0.4) is 0 Å². The summed E-state index contributed by atoms with van der Waals surface area (Å²) < 4.78 is 46.2. The maximum absolute atomic E-state index is 12.9. The highest BCUT2D eigenvalue weighted by molar-refractivity contribution is 7.91. The maximum atomic E-state index is 12.9. The van der Waals surface area contributed by atoms with Gasteiger partial charge in [0.1, 0.15) is 12.4 Å². The van der Waals surface area contributed by atoms with Crippen LogP contribution >= 0.6 is 0 Å². The van der Waals surface area contributed by atoms with E-state index in [0.29, 0.717) is 5.56 Å². The summed E-state index contributed by atoms with van der Waals surface area (Å²) in [7, 11) is -3.73. The molecule has 0 fully saturated rings. The van der Waals surface area contributed by atoms with Crippen molar-refractivity contribution in [1.82, 2.24) is 10.6 Å². The van der Waals surface area contributed by atoms with Crippen molar-refractivity contribution in [2.45, 2.75) is 18.9 Å². The number of amides is 2. The van der Waals surface area contributed by atoms with Gasteiger partial charge in [-0.25, -0.2) is 12.8 Å². The number of hydrogen-bond donors (Lipinski definition) is 3. The van der Waals surface area contributed by atoms with Crippen LogP contribution in [0.1, 0.15) is 32.6 Å². The predicted molar refractivity (Wildman–Crippen MR) is 163 cm³/mol. The van der Waals surface area contributed by atoms with Gasteiger partial charge in [-0.3, -0.25) is 14.3 Å². The second-order valence-electron chi connectivity index (χ2n) is 9.47. The lowest BCUT2D eigenvalue weighted by Gasteiger charge is -2.13. The topological polar surface area (TPSA) is 114 Å². The third-order valence-electron chi connectivity index (χ3n) is 6.07. The van der Waals surface area contributed by atoms with Crippen LogP contribution in [0, 0.1) is 17.7 Å². The van der Waals surface area contributed by atoms with Crippen molar-refractivity contribution in [3.63, 3.8) is 0 Å². The molecule has 2 amide bonds. The van der Waals surface area contributed by atoms with E-state index in [2.05, 4.69) is 27.2 Å². The number of benzene rings is 4. The molecule has 4 rings (SSSR count). The molecule has 0 radical (unpaired) electrons. The molecule has 4 aromatic carbocycles. The van der Waals surface area contributed by atoms with Crippen LogP contribution in [-0.4, -0.2) is 33.4 Å². The molecular weight excluding hydrogens is 569 g/mol. The molecule has 43 heavy (non-hydrogen) atoms. The maximum Gasteiger partial charge on any atom is 0.253 e. The first-order valence-corrected chi connectivity index (χ1v) is 15.0. The van der Waals surface area contributed by atoms with Gasteiger partial charge in [0, 0.05) is 12.1 Å². The first-order chi connectivity index (χ1) is 20.8. The van der Waals surface area contributed by atoms with E-state index >= 15 is 0 Å². The zero-order valence-electron chi connectivity index (χ0n) is 23.2. The summed E-state index contributed by atoms with van der Waals surface area (Å²) in [4.78, 5) is 24.8. The van der Waals surface area contributed by atoms with Crippen molar-refractivity contribution in [2.75, 3.05) is 17.9 Å². The molecule has 0 aliphatic carbocycles. The summed E-state index contributed by atoms with van der Waals surface area (Å²) in [5, 5.41) is 5.47. The Morgan fingerprint density at radius 3 is 2.19 bits per heavy atom. The van der Waals surface area contributed by atoms with Gasteiger partial charge in [0.2, 0.25) is 15.9 Å². The van der Waals surface area contributed by atoms with E-state index in [1.54, 1.807) is 72.8 Å². The number of halogens is 1. The Morgan fingerprint density at radius 2 is 1.44 bits per heavy atom. The van der Waals surface area contributed by atoms with Crippen LogP contribution in [0.25, 0.3) is 0 Å². The van der Waals surface area contributed by atoms with Gasteiger partial charge >= 0.3 is 0 Å². The Labute approximate surface area is 250 Å². The number of rotatable bonds is 12. The lowest BCUT2D eigenvalue weighted by atomic mass is 10.1. The van der Waals surface area contributed by atoms with Crippen molar-refractivity contribution >= 4 is 27.5 Å². The van der Waals surface area contributed by atoms with E-state index in [9.17, 15) is 22.4 Å². The van der Waals surface area contributed by atoms with E-state index < -0.39 is 15.9 Å². The third-order valence-corrected chi connectivity index (χ3v) is 7.31. The van der Waals surface area contributed by atoms with E-state index in [4.69, 9.17) is 4.74 Å². The molecule has 0 aliphatic rings. The first kappa shape index (κ1) is 31.0. The number of nitrogens with one attached hydrogen (secondary N) is 3. The largest absolute Gasteiger partial charge is 0.367 e. The van der Waals surface area contributed by atoms with E-state index in [1.807, 2.05) is 18.2 Å². The van der Waals surface area contributed by atoms with Crippen molar-refractivity contribution in [3.05, 3.63) is 137 Å². The number of ether oxygens (including phenoxy) is 1. The summed E-state index contributed by atoms with van der Waals surface area (Å²) in [5.41, 5.74) is 3.38. The Hall–Kier alpha value is -4.98. The molecule has 0 unspecified atom stereocenters. The quantitative estimate of drug-likeness (QED) is 0.209. The number of anilines is 1. The molecule has 0 saturated carbocycles. The van der Waals surface area contributed by atoms with Gasteiger partial charge in [0.15, 0.2) is 0 Å². The molecule has 0 heterocycles. The Kier molecular flexibility index (Phi) is 11.0. The molecule has 0 saturated heterocycles. The van der Waals surface area contributed by atoms with Crippen LogP contribution < -0.4 is 15.4 Å². The predicted octanol–water partition coefficient (Wildman–Crippen LogP) is 4.38. The Balaban J connectivity index is 1.21. The standard InChI is InChI=1S/C33H30FN3O5S/c34-29-18-16-27(17-19-29)22-42-23-32(38)35-20-6-9-25-12-14-26(15-13-25)21-36-33(39)30-10-4-5-11-31(30)37-43(40,41)24-28-7-2-1-3-8-28/h1-5,7-8,10-19,37H,20-24H2,(H,35,38)(H,36,39). The van der Waals surface area contributed by atoms with Crippen LogP contribution in [-0.2, 0) is 38.5 Å². The number of carbonyl (C=O) groups is 2. The molecule has 220 valence electrons. The van der Waals surface area contributed by atoms with Gasteiger partial charge < -0.3 is 15.4 Å². The summed E-state index contributed by atoms with van der Waals surface area (Å²) in [6.45, 7) is 0.437. The fraction of sp³-hybridized carbons (Fsp3) is 0.152. The number of sulfonamides is 1. The monoisotopic (exact) mass is 599 g/mol. The van der Waals surface area contributed by atoms with E-state index in [-0.39, 0.29) is 55.0 Å². The molecule has 10 heteroatoms. The van der Waals surface area contributed by atoms with Crippen LogP contribution in [0.15, 0.2) is 103 Å². The van der Waals surface area contributed by atoms with Crippen LogP contribution in [0.2, 0.25) is 0 Å². The number of carbonyl (C=O) groups excluding carboxylic acids is 2. The lowest BCUT2D eigenvalue weighted by molar-refractivity contribution is -0.125. The number of hydrogen-bond acceptors (Lipinski definition) is 5. The number of para-hydroxylation sites is 1. The fourth-order valence-corrected chi connectivity index (χ4v) is 5.15. The summed E-state index contributed by atoms with van der Waals surface area (Å²) >= 11 is 0. The normalized spacial score (nSPS) is 10.7. The Bertz CT molecular complexity index is 1700. The second kappa shape index (κ2) is 15.3. The lowest BCUT2D eigenvalue weighted by Crippen LogP contribution is -2.27. The zero-order chi connectivity index (χ0) is 30.5. The SMILES string of the molecule is O=C(COCc1ccc(F)cc1)NCC#Cc1ccc(CNC(=O)c2ccccc2NS(=O)(=O)Cc2ccccc2)cc1. The van der Waals surface area contributed by atoms with E-state index in [0.717, 1.165) is 16.7 Å². The molecule has 0 aliphatic heterocycles. The first-order valence-electron chi connectivity index (χ1n) is 13.4. The molecule has 3 N–H and O–H groups in total. The highest BCUT2D eigenvalue weighted by atomic mass is 32.2. The molecule has 0 spiro atoms. The molecular formula is C33H30FN3O5S. The van der Waals surface area contributed by atoms with Crippen molar-refractivity contribution in [1.29, 1.82) is 0 Å². The van der Waals surface area contributed by atoms with Gasteiger partial charge in [0.25, 0.3) is 5.91 Å². The van der Waals surface area contributed by atoms with Gasteiger partial charge in [-0.05, 0) is 53.1 Å². The van der Waals surface area contributed by atoms with Gasteiger partial charge in [-0.1, -0.05) is 78.6 Å². The molecule has 0 aromatic heterocycles. The molecule has 8 nitrogen and oxygen atoms in total. The average Bonchev–Trinajstić information content (AvgIpc) is 3.00. The van der Waals surface area contributed by atoms with Gasteiger partial charge in [-0.2, -0.15) is 0 Å². The van der Waals surface area contributed by atoms with E-state index in [1.165, 1.54) is 12.1 Å². The minimum absolute atomic E-state index is 0.135. The third kappa shape index (κ3) is 10.4. The molecule has 4 aromatic rings. The van der Waals surface area contributed by atoms with Crippen molar-refractivity contribution in [3.8, 4) is 11.8 Å². The van der Waals surface area contributed by atoms with Crippen molar-refractivity contribution in [2.24, 2.45) is 0 Å².